The molecule has 1 heterocycles. The Morgan fingerprint density at radius 2 is 2.12 bits per heavy atom. The smallest absolute Gasteiger partial charge is 0.147 e. The zero-order valence-corrected chi connectivity index (χ0v) is 10.5. The topological polar surface area (TPSA) is 50.9 Å². The van der Waals surface area contributed by atoms with Gasteiger partial charge in [-0.2, -0.15) is 0 Å². The number of pyridine rings is 1. The lowest BCUT2D eigenvalue weighted by atomic mass is 10.2. The van der Waals surface area contributed by atoms with Crippen LogP contribution < -0.4 is 11.1 Å². The molecule has 3 N–H and O–H groups in total. The van der Waals surface area contributed by atoms with Crippen molar-refractivity contribution in [2.45, 2.75) is 6.92 Å². The fourth-order valence-corrected chi connectivity index (χ4v) is 2.09. The quantitative estimate of drug-likeness (QED) is 0.884. The van der Waals surface area contributed by atoms with Gasteiger partial charge in [0.05, 0.1) is 5.69 Å². The highest BCUT2D eigenvalue weighted by molar-refractivity contribution is 9.10. The van der Waals surface area contributed by atoms with Crippen molar-refractivity contribution in [3.8, 4) is 0 Å². The number of halogens is 1. The largest absolute Gasteiger partial charge is 0.382 e. The van der Waals surface area contributed by atoms with Gasteiger partial charge in [0.2, 0.25) is 0 Å². The first-order chi connectivity index (χ1) is 7.65. The van der Waals surface area contributed by atoms with Gasteiger partial charge in [-0.1, -0.05) is 15.9 Å². The Kier molecular flexibility index (Phi) is 3.10. The second-order valence-corrected chi connectivity index (χ2v) is 4.49. The second-order valence-electron chi connectivity index (χ2n) is 3.58. The third-order valence-corrected chi connectivity index (χ3v) is 2.62. The summed E-state index contributed by atoms with van der Waals surface area (Å²) in [5.41, 5.74) is 8.75. The Hall–Kier alpha value is -1.55. The first-order valence-electron chi connectivity index (χ1n) is 4.90. The van der Waals surface area contributed by atoms with Crippen molar-refractivity contribution in [3.63, 3.8) is 0 Å². The molecule has 1 aromatic carbocycles. The minimum atomic E-state index is 0.500. The molecule has 82 valence electrons. The van der Waals surface area contributed by atoms with Crippen molar-refractivity contribution in [1.29, 1.82) is 0 Å². The number of rotatable bonds is 2. The number of benzene rings is 1. The van der Waals surface area contributed by atoms with Crippen molar-refractivity contribution in [2.75, 3.05) is 11.1 Å². The van der Waals surface area contributed by atoms with Crippen LogP contribution in [0.4, 0.5) is 17.2 Å². The molecule has 0 aliphatic rings. The van der Waals surface area contributed by atoms with Crippen LogP contribution in [0.2, 0.25) is 0 Å². The predicted molar refractivity (Wildman–Crippen MR) is 70.8 cm³/mol. The normalized spacial score (nSPS) is 10.1. The molecular weight excluding hydrogens is 266 g/mol. The highest BCUT2D eigenvalue weighted by atomic mass is 79.9. The van der Waals surface area contributed by atoms with E-state index in [0.717, 1.165) is 15.8 Å². The Bertz CT molecular complexity index is 491. The maximum Gasteiger partial charge on any atom is 0.147 e. The zero-order valence-electron chi connectivity index (χ0n) is 8.87. The van der Waals surface area contributed by atoms with Gasteiger partial charge in [0.15, 0.2) is 0 Å². The van der Waals surface area contributed by atoms with E-state index < -0.39 is 0 Å². The van der Waals surface area contributed by atoms with Gasteiger partial charge >= 0.3 is 0 Å². The molecule has 0 aliphatic carbocycles. The molecule has 4 heteroatoms. The van der Waals surface area contributed by atoms with Crippen LogP contribution in [-0.4, -0.2) is 4.98 Å². The monoisotopic (exact) mass is 277 g/mol. The maximum absolute atomic E-state index is 5.76. The molecule has 1 aromatic heterocycles. The fourth-order valence-electron chi connectivity index (χ4n) is 1.49. The number of hydrogen-bond acceptors (Lipinski definition) is 3. The van der Waals surface area contributed by atoms with Crippen molar-refractivity contribution < 1.29 is 0 Å². The van der Waals surface area contributed by atoms with Gasteiger partial charge in [-0.3, -0.25) is 0 Å². The molecule has 0 unspecified atom stereocenters. The summed E-state index contributed by atoms with van der Waals surface area (Å²) in [6.45, 7) is 2.04. The summed E-state index contributed by atoms with van der Waals surface area (Å²) in [4.78, 5) is 4.02. The molecule has 0 aliphatic heterocycles. The Labute approximate surface area is 103 Å². The summed E-state index contributed by atoms with van der Waals surface area (Å²) in [7, 11) is 0. The lowest BCUT2D eigenvalue weighted by Gasteiger charge is -2.09. The third kappa shape index (κ3) is 2.52. The number of nitrogen functional groups attached to an aromatic ring is 1. The van der Waals surface area contributed by atoms with Gasteiger partial charge in [-0.15, -0.1) is 0 Å². The maximum atomic E-state index is 5.76. The van der Waals surface area contributed by atoms with E-state index in [0.29, 0.717) is 5.82 Å². The number of hydrogen-bond donors (Lipinski definition) is 2. The van der Waals surface area contributed by atoms with E-state index in [1.54, 1.807) is 6.20 Å². The fraction of sp³-hybridized carbons (Fsp3) is 0.0833. The number of nitrogens with one attached hydrogen (secondary N) is 1. The molecule has 16 heavy (non-hydrogen) atoms. The summed E-state index contributed by atoms with van der Waals surface area (Å²) in [6.07, 6.45) is 1.67. The summed E-state index contributed by atoms with van der Waals surface area (Å²) in [5.74, 6) is 0.500. The molecule has 0 atom stereocenters. The number of anilines is 3. The number of aromatic nitrogens is 1. The van der Waals surface area contributed by atoms with E-state index in [-0.39, 0.29) is 0 Å². The van der Waals surface area contributed by atoms with Crippen molar-refractivity contribution in [1.82, 2.24) is 4.98 Å². The first kappa shape index (κ1) is 11.0. The molecule has 0 amide bonds. The van der Waals surface area contributed by atoms with Crippen molar-refractivity contribution in [3.05, 3.63) is 46.6 Å². The molecule has 0 fully saturated rings. The van der Waals surface area contributed by atoms with E-state index in [1.165, 1.54) is 5.56 Å². The molecule has 2 rings (SSSR count). The number of nitrogens with two attached hydrogens (primary N) is 1. The van der Waals surface area contributed by atoms with Gasteiger partial charge < -0.3 is 11.1 Å². The minimum absolute atomic E-state index is 0.500. The van der Waals surface area contributed by atoms with Gasteiger partial charge in [-0.05, 0) is 42.8 Å². The van der Waals surface area contributed by atoms with Crippen LogP contribution in [0, 0.1) is 6.92 Å². The van der Waals surface area contributed by atoms with Crippen LogP contribution in [-0.2, 0) is 0 Å². The summed E-state index contributed by atoms with van der Waals surface area (Å²) >= 11 is 3.46. The number of nitrogens with zero attached hydrogens (tertiary/aromatic N) is 1. The van der Waals surface area contributed by atoms with Gasteiger partial charge in [0.25, 0.3) is 0 Å². The SMILES string of the molecule is Cc1cc(Br)cc(Nc2cccnc2N)c1. The van der Waals surface area contributed by atoms with Crippen LogP contribution in [0.25, 0.3) is 0 Å². The van der Waals surface area contributed by atoms with Crippen LogP contribution in [0.5, 0.6) is 0 Å². The van der Waals surface area contributed by atoms with Crippen molar-refractivity contribution in [2.24, 2.45) is 0 Å². The number of aryl methyl sites for hydroxylation is 1. The molecule has 0 bridgehead atoms. The molecule has 2 aromatic rings. The Morgan fingerprint density at radius 1 is 1.31 bits per heavy atom. The molecule has 0 radical (unpaired) electrons. The molecular formula is C12H12BrN3. The van der Waals surface area contributed by atoms with E-state index in [1.807, 2.05) is 25.1 Å². The summed E-state index contributed by atoms with van der Waals surface area (Å²) in [6, 6.07) is 9.86. The zero-order chi connectivity index (χ0) is 11.5. The standard InChI is InChI=1S/C12H12BrN3/c1-8-5-9(13)7-10(6-8)16-11-3-2-4-15-12(11)14/h2-7,16H,1H3,(H2,14,15). The first-order valence-corrected chi connectivity index (χ1v) is 5.69. The van der Waals surface area contributed by atoms with Gasteiger partial charge in [0, 0.05) is 16.4 Å². The molecule has 0 saturated heterocycles. The molecule has 0 spiro atoms. The molecule has 3 nitrogen and oxygen atoms in total. The molecule has 0 saturated carbocycles. The lowest BCUT2D eigenvalue weighted by molar-refractivity contribution is 1.33. The summed E-state index contributed by atoms with van der Waals surface area (Å²) in [5, 5.41) is 3.24. The Balaban J connectivity index is 2.30. The average Bonchev–Trinajstić information content (AvgIpc) is 2.20. The second kappa shape index (κ2) is 4.53. The average molecular weight is 278 g/mol. The van der Waals surface area contributed by atoms with Gasteiger partial charge in [0.1, 0.15) is 5.82 Å². The van der Waals surface area contributed by atoms with Crippen LogP contribution in [0.15, 0.2) is 41.0 Å². The lowest BCUT2D eigenvalue weighted by Crippen LogP contribution is -1.98. The predicted octanol–water partition coefficient (Wildman–Crippen LogP) is 3.48. The van der Waals surface area contributed by atoms with E-state index >= 15 is 0 Å². The summed E-state index contributed by atoms with van der Waals surface area (Å²) < 4.78 is 1.04. The van der Waals surface area contributed by atoms with Crippen LogP contribution >= 0.6 is 15.9 Å². The van der Waals surface area contributed by atoms with Crippen LogP contribution in [0.1, 0.15) is 5.56 Å². The third-order valence-electron chi connectivity index (χ3n) is 2.16. The Morgan fingerprint density at radius 3 is 2.81 bits per heavy atom. The van der Waals surface area contributed by atoms with Crippen LogP contribution in [0.3, 0.4) is 0 Å². The van der Waals surface area contributed by atoms with Crippen molar-refractivity contribution >= 4 is 33.1 Å². The van der Waals surface area contributed by atoms with Gasteiger partial charge in [-0.25, -0.2) is 4.98 Å². The highest BCUT2D eigenvalue weighted by Crippen LogP contribution is 2.24. The minimum Gasteiger partial charge on any atom is -0.382 e. The highest BCUT2D eigenvalue weighted by Gasteiger charge is 2.01. The van der Waals surface area contributed by atoms with E-state index in [2.05, 4.69) is 38.4 Å². The van der Waals surface area contributed by atoms with E-state index in [4.69, 9.17) is 5.73 Å². The van der Waals surface area contributed by atoms with E-state index in [9.17, 15) is 0 Å².